The van der Waals surface area contributed by atoms with Gasteiger partial charge in [0.15, 0.2) is 0 Å². The van der Waals surface area contributed by atoms with Crippen molar-refractivity contribution < 1.29 is 14.0 Å². The molecule has 1 heterocycles. The van der Waals surface area contributed by atoms with E-state index in [-0.39, 0.29) is 24.2 Å². The maximum absolute atomic E-state index is 13.1. The Balaban J connectivity index is 1.99. The van der Waals surface area contributed by atoms with Crippen molar-refractivity contribution in [2.75, 3.05) is 19.6 Å². The van der Waals surface area contributed by atoms with Crippen molar-refractivity contribution in [2.24, 2.45) is 5.73 Å². The third-order valence-electron chi connectivity index (χ3n) is 3.42. The van der Waals surface area contributed by atoms with Crippen LogP contribution in [0.4, 0.5) is 4.39 Å². The highest BCUT2D eigenvalue weighted by Crippen LogP contribution is 2.13. The summed E-state index contributed by atoms with van der Waals surface area (Å²) in [6.45, 7) is 4.50. The summed E-state index contributed by atoms with van der Waals surface area (Å²) in [7, 11) is 0. The fourth-order valence-corrected chi connectivity index (χ4v) is 2.31. The highest BCUT2D eigenvalue weighted by Gasteiger charge is 2.33. The molecule has 0 aromatic heterocycles. The number of carbonyl (C=O) groups excluding carboxylic acids is 2. The van der Waals surface area contributed by atoms with E-state index in [1.165, 1.54) is 17.0 Å². The summed E-state index contributed by atoms with van der Waals surface area (Å²) in [5.41, 5.74) is 5.53. The molecule has 2 amide bonds. The highest BCUT2D eigenvalue weighted by atomic mass is 19.1. The Hall–Kier alpha value is -1.95. The normalized spacial score (nSPS) is 16.3. The van der Waals surface area contributed by atoms with E-state index in [0.717, 1.165) is 5.56 Å². The predicted molar refractivity (Wildman–Crippen MR) is 76.7 cm³/mol. The van der Waals surface area contributed by atoms with Crippen molar-refractivity contribution in [3.63, 3.8) is 0 Å². The lowest BCUT2D eigenvalue weighted by Gasteiger charge is -2.37. The van der Waals surface area contributed by atoms with Crippen molar-refractivity contribution in [2.45, 2.75) is 25.9 Å². The van der Waals surface area contributed by atoms with Gasteiger partial charge in [-0.15, -0.1) is 0 Å². The molecule has 0 aliphatic carbocycles. The van der Waals surface area contributed by atoms with Crippen LogP contribution < -0.4 is 5.73 Å². The molecule has 1 aromatic rings. The molecule has 114 valence electrons. The van der Waals surface area contributed by atoms with Crippen LogP contribution in [0.5, 0.6) is 0 Å². The number of amides is 2. The van der Waals surface area contributed by atoms with Crippen LogP contribution in [0.1, 0.15) is 19.4 Å². The predicted octanol–water partition coefficient (Wildman–Crippen LogP) is 0.734. The van der Waals surface area contributed by atoms with E-state index in [1.54, 1.807) is 30.9 Å². The summed E-state index contributed by atoms with van der Waals surface area (Å²) in [4.78, 5) is 27.3. The Morgan fingerprint density at radius 3 is 2.67 bits per heavy atom. The van der Waals surface area contributed by atoms with Crippen LogP contribution in [0.3, 0.4) is 0 Å². The summed E-state index contributed by atoms with van der Waals surface area (Å²) in [5.74, 6) is -0.706. The molecule has 2 rings (SSSR count). The average Bonchev–Trinajstić information content (AvgIpc) is 2.39. The van der Waals surface area contributed by atoms with Gasteiger partial charge in [0.25, 0.3) is 0 Å². The molecule has 1 aliphatic rings. The van der Waals surface area contributed by atoms with Gasteiger partial charge in [0.05, 0.1) is 12.1 Å². The van der Waals surface area contributed by atoms with Gasteiger partial charge in [-0.05, 0) is 31.5 Å². The number of halogens is 1. The number of carbonyl (C=O) groups is 2. The Kier molecular flexibility index (Phi) is 4.27. The fourth-order valence-electron chi connectivity index (χ4n) is 2.31. The number of rotatable bonds is 3. The lowest BCUT2D eigenvalue weighted by Crippen LogP contribution is -2.58. The fraction of sp³-hybridized carbons (Fsp3) is 0.467. The third-order valence-corrected chi connectivity index (χ3v) is 3.42. The first kappa shape index (κ1) is 15.4. The van der Waals surface area contributed by atoms with Crippen molar-refractivity contribution >= 4 is 11.8 Å². The Labute approximate surface area is 123 Å². The molecule has 5 nitrogen and oxygen atoms in total. The van der Waals surface area contributed by atoms with E-state index >= 15 is 0 Å². The topological polar surface area (TPSA) is 66.6 Å². The van der Waals surface area contributed by atoms with E-state index < -0.39 is 5.54 Å². The second-order valence-corrected chi connectivity index (χ2v) is 5.89. The molecule has 0 bridgehead atoms. The third kappa shape index (κ3) is 3.78. The van der Waals surface area contributed by atoms with E-state index in [4.69, 9.17) is 5.73 Å². The van der Waals surface area contributed by atoms with Gasteiger partial charge >= 0.3 is 0 Å². The Bertz CT molecular complexity index is 554. The maximum atomic E-state index is 13.1. The zero-order chi connectivity index (χ0) is 15.6. The molecule has 1 aliphatic heterocycles. The quantitative estimate of drug-likeness (QED) is 0.893. The Morgan fingerprint density at radius 1 is 1.38 bits per heavy atom. The first-order chi connectivity index (χ1) is 9.77. The van der Waals surface area contributed by atoms with E-state index in [9.17, 15) is 14.0 Å². The minimum Gasteiger partial charge on any atom is -0.335 e. The number of nitrogens with zero attached hydrogens (tertiary/aromatic N) is 2. The summed E-state index contributed by atoms with van der Waals surface area (Å²) in [6.07, 6.45) is 0. The van der Waals surface area contributed by atoms with Crippen LogP contribution in [0.2, 0.25) is 0 Å². The smallest absolute Gasteiger partial charge is 0.242 e. The number of hydrogen-bond acceptors (Lipinski definition) is 3. The molecule has 0 unspecified atom stereocenters. The molecule has 6 heteroatoms. The first-order valence-corrected chi connectivity index (χ1v) is 6.88. The largest absolute Gasteiger partial charge is 0.335 e. The van der Waals surface area contributed by atoms with Gasteiger partial charge in [-0.2, -0.15) is 0 Å². The van der Waals surface area contributed by atoms with Crippen LogP contribution >= 0.6 is 0 Å². The number of benzene rings is 1. The summed E-state index contributed by atoms with van der Waals surface area (Å²) >= 11 is 0. The zero-order valence-electron chi connectivity index (χ0n) is 12.3. The standard InChI is InChI=1S/C15H20FN3O2/c1-15(2,17)14(21)19-7-6-18(13(20)10-19)9-11-4-3-5-12(16)8-11/h3-5,8H,6-7,9-10,17H2,1-2H3. The van der Waals surface area contributed by atoms with Crippen LogP contribution in [0.15, 0.2) is 24.3 Å². The molecule has 0 spiro atoms. The van der Waals surface area contributed by atoms with Gasteiger partial charge in [-0.3, -0.25) is 9.59 Å². The second kappa shape index (κ2) is 5.81. The number of hydrogen-bond donors (Lipinski definition) is 1. The van der Waals surface area contributed by atoms with Crippen molar-refractivity contribution in [3.8, 4) is 0 Å². The molecular weight excluding hydrogens is 273 g/mol. The molecule has 0 atom stereocenters. The average molecular weight is 293 g/mol. The van der Waals surface area contributed by atoms with Gasteiger partial charge in [-0.25, -0.2) is 4.39 Å². The van der Waals surface area contributed by atoms with Crippen LogP contribution in [-0.4, -0.2) is 46.8 Å². The Morgan fingerprint density at radius 2 is 2.10 bits per heavy atom. The lowest BCUT2D eigenvalue weighted by atomic mass is 10.0. The van der Waals surface area contributed by atoms with Crippen molar-refractivity contribution in [1.82, 2.24) is 9.80 Å². The molecule has 1 fully saturated rings. The molecular formula is C15H20FN3O2. The lowest BCUT2D eigenvalue weighted by molar-refractivity contribution is -0.148. The van der Waals surface area contributed by atoms with Crippen LogP contribution in [-0.2, 0) is 16.1 Å². The van der Waals surface area contributed by atoms with Gasteiger partial charge < -0.3 is 15.5 Å². The summed E-state index contributed by atoms with van der Waals surface area (Å²) in [6, 6.07) is 6.17. The van der Waals surface area contributed by atoms with Crippen molar-refractivity contribution in [1.29, 1.82) is 0 Å². The second-order valence-electron chi connectivity index (χ2n) is 5.89. The van der Waals surface area contributed by atoms with Gasteiger partial charge in [0.1, 0.15) is 5.82 Å². The number of nitrogens with two attached hydrogens (primary N) is 1. The van der Waals surface area contributed by atoms with E-state index in [0.29, 0.717) is 19.6 Å². The molecule has 1 saturated heterocycles. The van der Waals surface area contributed by atoms with Gasteiger partial charge in [0, 0.05) is 19.6 Å². The van der Waals surface area contributed by atoms with Crippen LogP contribution in [0.25, 0.3) is 0 Å². The molecule has 21 heavy (non-hydrogen) atoms. The number of piperazine rings is 1. The summed E-state index contributed by atoms with van der Waals surface area (Å²) in [5, 5.41) is 0. The van der Waals surface area contributed by atoms with Gasteiger partial charge in [-0.1, -0.05) is 12.1 Å². The maximum Gasteiger partial charge on any atom is 0.242 e. The molecule has 1 aromatic carbocycles. The van der Waals surface area contributed by atoms with Gasteiger partial charge in [0.2, 0.25) is 11.8 Å². The van der Waals surface area contributed by atoms with E-state index in [2.05, 4.69) is 0 Å². The summed E-state index contributed by atoms with van der Waals surface area (Å²) < 4.78 is 13.1. The first-order valence-electron chi connectivity index (χ1n) is 6.88. The zero-order valence-corrected chi connectivity index (χ0v) is 12.3. The van der Waals surface area contributed by atoms with Crippen LogP contribution in [0, 0.1) is 5.82 Å². The minimum absolute atomic E-state index is 0.0226. The van der Waals surface area contributed by atoms with Crippen molar-refractivity contribution in [3.05, 3.63) is 35.6 Å². The highest BCUT2D eigenvalue weighted by molar-refractivity contribution is 5.90. The molecule has 0 radical (unpaired) electrons. The monoisotopic (exact) mass is 293 g/mol. The SMILES string of the molecule is CC(C)(N)C(=O)N1CCN(Cc2cccc(F)c2)C(=O)C1. The van der Waals surface area contributed by atoms with E-state index in [1.807, 2.05) is 0 Å². The molecule has 0 saturated carbocycles. The molecule has 2 N–H and O–H groups in total. The minimum atomic E-state index is -0.981.